The predicted octanol–water partition coefficient (Wildman–Crippen LogP) is 0.879. The maximum Gasteiger partial charge on any atom is 0.259 e. The molecule has 0 spiro atoms. The summed E-state index contributed by atoms with van der Waals surface area (Å²) in [4.78, 5) is 22.4. The van der Waals surface area contributed by atoms with Crippen LogP contribution in [0, 0.1) is 6.90 Å². The van der Waals surface area contributed by atoms with Crippen LogP contribution in [-0.4, -0.2) is 11.8 Å². The number of rotatable bonds is 0. The van der Waals surface area contributed by atoms with Gasteiger partial charge in [0.2, 0.25) is 0 Å². The molecule has 0 aromatic heterocycles. The number of fused-ring (bicyclic) bond motifs is 1. The van der Waals surface area contributed by atoms with E-state index in [0.717, 1.165) is 0 Å². The molecule has 3 heteroatoms. The summed E-state index contributed by atoms with van der Waals surface area (Å²) in [5.41, 5.74) is 1.35. The number of carbonyl (C=O) groups excluding carboxylic acids is 2. The van der Waals surface area contributed by atoms with Crippen molar-refractivity contribution >= 4 is 11.8 Å². The first-order chi connectivity index (χ1) is 6.24. The Morgan fingerprint density at radius 1 is 1.33 bits per heavy atom. The molecule has 1 aromatic carbocycles. The van der Waals surface area contributed by atoms with Crippen LogP contribution in [0.4, 0.5) is 0 Å². The van der Waals surface area contributed by atoms with Gasteiger partial charge in [-0.25, -0.2) is 0 Å². The van der Waals surface area contributed by atoms with E-state index < -0.39 is 0 Å². The van der Waals surface area contributed by atoms with Crippen molar-refractivity contribution in [1.29, 1.82) is 0 Å². The maximum atomic E-state index is 11.2. The van der Waals surface area contributed by atoms with Crippen molar-refractivity contribution in [3.63, 3.8) is 0 Å². The van der Waals surface area contributed by atoms with Crippen molar-refractivity contribution in [3.05, 3.63) is 34.9 Å². The van der Waals surface area contributed by atoms with E-state index in [2.05, 4.69) is 5.32 Å². The zero-order valence-corrected chi connectivity index (χ0v) is 6.26. The van der Waals surface area contributed by atoms with Crippen molar-refractivity contribution in [2.75, 3.05) is 0 Å². The van der Waals surface area contributed by atoms with E-state index in [4.69, 9.17) is 1.37 Å². The Morgan fingerprint density at radius 3 is 2.92 bits per heavy atom. The molecule has 0 bridgehead atoms. The number of imide groups is 1. The molecule has 0 radical (unpaired) electrons. The topological polar surface area (TPSA) is 46.2 Å². The first-order valence-electron chi connectivity index (χ1n) is 4.21. The van der Waals surface area contributed by atoms with Gasteiger partial charge in [0.15, 0.2) is 0 Å². The van der Waals surface area contributed by atoms with Gasteiger partial charge < -0.3 is 0 Å². The second-order valence-electron chi connectivity index (χ2n) is 2.62. The Labute approximate surface area is 70.8 Å². The zero-order chi connectivity index (χ0) is 9.42. The molecule has 1 N–H and O–H groups in total. The first kappa shape index (κ1) is 5.94. The zero-order valence-electron chi connectivity index (χ0n) is 7.26. The van der Waals surface area contributed by atoms with E-state index in [1.807, 2.05) is 0 Å². The van der Waals surface area contributed by atoms with Gasteiger partial charge in [-0.15, -0.1) is 0 Å². The molecule has 2 amide bonds. The van der Waals surface area contributed by atoms with Crippen LogP contribution in [0.15, 0.2) is 18.2 Å². The van der Waals surface area contributed by atoms with Gasteiger partial charge in [0, 0.05) is 1.37 Å². The van der Waals surface area contributed by atoms with Crippen molar-refractivity contribution in [3.8, 4) is 0 Å². The van der Waals surface area contributed by atoms with Gasteiger partial charge in [-0.2, -0.15) is 0 Å². The molecule has 0 saturated heterocycles. The normalized spacial score (nSPS) is 15.5. The molecule has 1 heterocycles. The number of carbonyl (C=O) groups is 2. The Hall–Kier alpha value is -1.64. The van der Waals surface area contributed by atoms with Crippen LogP contribution in [0.5, 0.6) is 0 Å². The quantitative estimate of drug-likeness (QED) is 0.575. The standard InChI is InChI=1S/C9H7NO2/c1-5-3-2-4-6-7(5)9(12)10-8(6)11/h2-4H,1H3,(H,10,11,12)/i1D. The third-order valence-electron chi connectivity index (χ3n) is 1.85. The minimum atomic E-state index is -0.386. The molecular formula is C9H7NO2. The molecule has 0 saturated carbocycles. The number of aryl methyl sites for hydroxylation is 1. The molecule has 0 atom stereocenters. The summed E-state index contributed by atoms with van der Waals surface area (Å²) in [6, 6.07) is 4.96. The lowest BCUT2D eigenvalue weighted by atomic mass is 10.0. The summed E-state index contributed by atoms with van der Waals surface area (Å²) < 4.78 is 7.18. The summed E-state index contributed by atoms with van der Waals surface area (Å²) >= 11 is 0. The molecule has 3 nitrogen and oxygen atoms in total. The van der Waals surface area contributed by atoms with Crippen LogP contribution < -0.4 is 5.32 Å². The van der Waals surface area contributed by atoms with E-state index in [1.165, 1.54) is 0 Å². The maximum absolute atomic E-state index is 11.2. The molecule has 0 fully saturated rings. The van der Waals surface area contributed by atoms with Crippen molar-refractivity contribution in [2.24, 2.45) is 0 Å². The molecule has 12 heavy (non-hydrogen) atoms. The highest BCUT2D eigenvalue weighted by Crippen LogP contribution is 2.18. The molecule has 60 valence electrons. The first-order valence-corrected chi connectivity index (χ1v) is 3.51. The van der Waals surface area contributed by atoms with Gasteiger partial charge in [0.1, 0.15) is 0 Å². The van der Waals surface area contributed by atoms with Gasteiger partial charge in [0.05, 0.1) is 11.1 Å². The molecule has 1 aliphatic rings. The summed E-state index contributed by atoms with van der Waals surface area (Å²) in [5.74, 6) is -0.752. The fourth-order valence-electron chi connectivity index (χ4n) is 1.29. The van der Waals surface area contributed by atoms with Crippen molar-refractivity contribution < 1.29 is 11.0 Å². The van der Waals surface area contributed by atoms with Crippen LogP contribution in [0.1, 0.15) is 27.7 Å². The molecule has 0 unspecified atom stereocenters. The molecule has 2 rings (SSSR count). The largest absolute Gasteiger partial charge is 0.288 e. The summed E-state index contributed by atoms with van der Waals surface area (Å²) in [6.07, 6.45) is 0. The lowest BCUT2D eigenvalue weighted by Crippen LogP contribution is -2.20. The van der Waals surface area contributed by atoms with Crippen LogP contribution in [-0.2, 0) is 0 Å². The second kappa shape index (κ2) is 2.17. The lowest BCUT2D eigenvalue weighted by Gasteiger charge is -1.96. The third-order valence-corrected chi connectivity index (χ3v) is 1.85. The highest BCUT2D eigenvalue weighted by Gasteiger charge is 2.27. The second-order valence-corrected chi connectivity index (χ2v) is 2.62. The SMILES string of the molecule is [2H]Cc1cccc2c1C(=O)NC2=O. The molecule has 0 aliphatic carbocycles. The molecule has 1 aliphatic heterocycles. The van der Waals surface area contributed by atoms with E-state index in [-0.39, 0.29) is 18.7 Å². The van der Waals surface area contributed by atoms with Crippen LogP contribution >= 0.6 is 0 Å². The average Bonchev–Trinajstić information content (AvgIpc) is 2.43. The van der Waals surface area contributed by atoms with Gasteiger partial charge in [-0.05, 0) is 18.5 Å². The van der Waals surface area contributed by atoms with Gasteiger partial charge >= 0.3 is 0 Å². The number of hydrogen-bond donors (Lipinski definition) is 1. The van der Waals surface area contributed by atoms with E-state index in [1.54, 1.807) is 18.2 Å². The third kappa shape index (κ3) is 0.763. The van der Waals surface area contributed by atoms with Crippen molar-refractivity contribution in [1.82, 2.24) is 5.32 Å². The monoisotopic (exact) mass is 162 g/mol. The Morgan fingerprint density at radius 2 is 2.17 bits per heavy atom. The minimum absolute atomic E-state index is 0.0177. The van der Waals surface area contributed by atoms with E-state index in [9.17, 15) is 9.59 Å². The highest BCUT2D eigenvalue weighted by molar-refractivity contribution is 6.22. The van der Waals surface area contributed by atoms with Crippen LogP contribution in [0.25, 0.3) is 0 Å². The van der Waals surface area contributed by atoms with Crippen molar-refractivity contribution in [2.45, 2.75) is 6.90 Å². The van der Waals surface area contributed by atoms with E-state index >= 15 is 0 Å². The fourth-order valence-corrected chi connectivity index (χ4v) is 1.29. The number of benzene rings is 1. The predicted molar refractivity (Wildman–Crippen MR) is 43.0 cm³/mol. The van der Waals surface area contributed by atoms with Crippen LogP contribution in [0.3, 0.4) is 0 Å². The summed E-state index contributed by atoms with van der Waals surface area (Å²) in [7, 11) is 0. The van der Waals surface area contributed by atoms with Gasteiger partial charge in [0.25, 0.3) is 11.8 Å². The Balaban J connectivity index is 2.69. The van der Waals surface area contributed by atoms with Gasteiger partial charge in [-0.3, -0.25) is 14.9 Å². The number of nitrogens with one attached hydrogen (secondary N) is 1. The number of hydrogen-bond acceptors (Lipinski definition) is 2. The molecule has 1 aromatic rings. The summed E-state index contributed by atoms with van der Waals surface area (Å²) in [6.45, 7) is 0.0177. The van der Waals surface area contributed by atoms with Gasteiger partial charge in [-0.1, -0.05) is 12.1 Å². The Kier molecular flexibility index (Phi) is 1.07. The lowest BCUT2D eigenvalue weighted by molar-refractivity contribution is 0.0879. The number of amides is 2. The fraction of sp³-hybridized carbons (Fsp3) is 0.111. The minimum Gasteiger partial charge on any atom is -0.288 e. The summed E-state index contributed by atoms with van der Waals surface area (Å²) in [5, 5.41) is 2.20. The van der Waals surface area contributed by atoms with E-state index in [0.29, 0.717) is 16.7 Å². The highest BCUT2D eigenvalue weighted by atomic mass is 16.2. The Bertz CT molecular complexity index is 401. The molecular weight excluding hydrogens is 154 g/mol. The smallest absolute Gasteiger partial charge is 0.259 e. The van der Waals surface area contributed by atoms with Crippen LogP contribution in [0.2, 0.25) is 0 Å². The average molecular weight is 162 g/mol.